The van der Waals surface area contributed by atoms with Crippen molar-refractivity contribution in [1.82, 2.24) is 10.3 Å². The molecule has 0 aliphatic rings. The summed E-state index contributed by atoms with van der Waals surface area (Å²) in [5.74, 6) is 0.414. The number of rotatable bonds is 6. The third-order valence-corrected chi connectivity index (χ3v) is 4.24. The Hall–Kier alpha value is -1.30. The number of carbonyl (C=O) groups is 1. The fourth-order valence-electron chi connectivity index (χ4n) is 1.67. The van der Waals surface area contributed by atoms with E-state index >= 15 is 0 Å². The summed E-state index contributed by atoms with van der Waals surface area (Å²) in [4.78, 5) is 17.3. The van der Waals surface area contributed by atoms with E-state index in [1.165, 1.54) is 17.5 Å². The molecule has 2 N–H and O–H groups in total. The lowest BCUT2D eigenvalue weighted by molar-refractivity contribution is 0.0951. The van der Waals surface area contributed by atoms with Crippen molar-refractivity contribution in [3.63, 3.8) is 0 Å². The van der Waals surface area contributed by atoms with E-state index in [0.29, 0.717) is 27.3 Å². The van der Waals surface area contributed by atoms with E-state index in [9.17, 15) is 4.79 Å². The van der Waals surface area contributed by atoms with Gasteiger partial charge in [-0.2, -0.15) is 0 Å². The zero-order valence-corrected chi connectivity index (χ0v) is 13.8. The second kappa shape index (κ2) is 7.64. The SMILES string of the molecule is CCCNc1cc(C(=O)NCc2ccc(Cl)s2)c(Cl)cn1. The van der Waals surface area contributed by atoms with Crippen LogP contribution in [0.2, 0.25) is 9.36 Å². The van der Waals surface area contributed by atoms with E-state index < -0.39 is 0 Å². The average Bonchev–Trinajstić information content (AvgIpc) is 2.89. The first-order valence-electron chi connectivity index (χ1n) is 6.52. The van der Waals surface area contributed by atoms with E-state index in [2.05, 4.69) is 22.5 Å². The summed E-state index contributed by atoms with van der Waals surface area (Å²) in [6, 6.07) is 5.35. The molecule has 0 bridgehead atoms. The lowest BCUT2D eigenvalue weighted by Crippen LogP contribution is -2.23. The molecular formula is C14H15Cl2N3OS. The lowest BCUT2D eigenvalue weighted by atomic mass is 10.2. The molecule has 2 heterocycles. The molecule has 0 unspecified atom stereocenters. The Balaban J connectivity index is 2.03. The number of anilines is 1. The van der Waals surface area contributed by atoms with Gasteiger partial charge in [-0.1, -0.05) is 30.1 Å². The van der Waals surface area contributed by atoms with E-state index in [0.717, 1.165) is 17.8 Å². The Morgan fingerprint density at radius 2 is 2.19 bits per heavy atom. The van der Waals surface area contributed by atoms with Crippen molar-refractivity contribution in [3.05, 3.63) is 44.2 Å². The van der Waals surface area contributed by atoms with Crippen LogP contribution in [0.4, 0.5) is 5.82 Å². The molecule has 0 atom stereocenters. The zero-order chi connectivity index (χ0) is 15.2. The molecule has 0 saturated heterocycles. The predicted molar refractivity (Wildman–Crippen MR) is 88.5 cm³/mol. The molecule has 0 radical (unpaired) electrons. The minimum Gasteiger partial charge on any atom is -0.370 e. The maximum atomic E-state index is 12.2. The molecule has 4 nitrogen and oxygen atoms in total. The number of pyridine rings is 1. The normalized spacial score (nSPS) is 10.4. The van der Waals surface area contributed by atoms with Gasteiger partial charge in [0.15, 0.2) is 0 Å². The number of thiophene rings is 1. The van der Waals surface area contributed by atoms with Crippen molar-refractivity contribution in [2.24, 2.45) is 0 Å². The minimum atomic E-state index is -0.230. The van der Waals surface area contributed by atoms with Crippen LogP contribution in [0.25, 0.3) is 0 Å². The Labute approximate surface area is 137 Å². The largest absolute Gasteiger partial charge is 0.370 e. The summed E-state index contributed by atoms with van der Waals surface area (Å²) in [6.45, 7) is 3.28. The Bertz CT molecular complexity index is 630. The molecule has 2 rings (SSSR count). The molecule has 0 fully saturated rings. The fourth-order valence-corrected chi connectivity index (χ4v) is 2.89. The van der Waals surface area contributed by atoms with Gasteiger partial charge < -0.3 is 10.6 Å². The third-order valence-electron chi connectivity index (χ3n) is 2.71. The molecule has 2 aromatic heterocycles. The standard InChI is InChI=1S/C14H15Cl2N3OS/c1-2-5-17-13-6-10(11(15)8-18-13)14(20)19-7-9-3-4-12(16)21-9/h3-4,6,8H,2,5,7H2,1H3,(H,17,18)(H,19,20). The number of carbonyl (C=O) groups excluding carboxylic acids is 1. The molecule has 112 valence electrons. The number of amides is 1. The zero-order valence-electron chi connectivity index (χ0n) is 11.5. The van der Waals surface area contributed by atoms with E-state index in [-0.39, 0.29) is 5.91 Å². The summed E-state index contributed by atoms with van der Waals surface area (Å²) in [5, 5.41) is 6.29. The van der Waals surface area contributed by atoms with Crippen molar-refractivity contribution in [2.75, 3.05) is 11.9 Å². The van der Waals surface area contributed by atoms with E-state index in [4.69, 9.17) is 23.2 Å². The summed E-state index contributed by atoms with van der Waals surface area (Å²) >= 11 is 13.3. The molecule has 7 heteroatoms. The van der Waals surface area contributed by atoms with Crippen molar-refractivity contribution in [2.45, 2.75) is 19.9 Å². The van der Waals surface area contributed by atoms with Crippen molar-refractivity contribution in [3.8, 4) is 0 Å². The number of aromatic nitrogens is 1. The molecule has 0 aliphatic heterocycles. The highest BCUT2D eigenvalue weighted by Gasteiger charge is 2.12. The van der Waals surface area contributed by atoms with Crippen LogP contribution in [0.1, 0.15) is 28.6 Å². The molecule has 21 heavy (non-hydrogen) atoms. The average molecular weight is 344 g/mol. The van der Waals surface area contributed by atoms with Gasteiger partial charge in [-0.3, -0.25) is 4.79 Å². The summed E-state index contributed by atoms with van der Waals surface area (Å²) in [5.41, 5.74) is 0.410. The van der Waals surface area contributed by atoms with Gasteiger partial charge in [-0.05, 0) is 24.6 Å². The summed E-state index contributed by atoms with van der Waals surface area (Å²) in [6.07, 6.45) is 2.46. The predicted octanol–water partition coefficient (Wildman–Crippen LogP) is 4.20. The number of nitrogens with zero attached hydrogens (tertiary/aromatic N) is 1. The van der Waals surface area contributed by atoms with Crippen LogP contribution < -0.4 is 10.6 Å². The van der Waals surface area contributed by atoms with Gasteiger partial charge in [0.05, 0.1) is 21.5 Å². The maximum absolute atomic E-state index is 12.2. The Morgan fingerprint density at radius 1 is 1.38 bits per heavy atom. The van der Waals surface area contributed by atoms with Crippen molar-refractivity contribution >= 4 is 46.3 Å². The van der Waals surface area contributed by atoms with Gasteiger partial charge >= 0.3 is 0 Å². The van der Waals surface area contributed by atoms with Crippen LogP contribution in [-0.2, 0) is 6.54 Å². The summed E-state index contributed by atoms with van der Waals surface area (Å²) in [7, 11) is 0. The van der Waals surface area contributed by atoms with Crippen molar-refractivity contribution in [1.29, 1.82) is 0 Å². The number of halogens is 2. The topological polar surface area (TPSA) is 54.0 Å². The molecule has 0 aromatic carbocycles. The number of nitrogens with one attached hydrogen (secondary N) is 2. The first-order chi connectivity index (χ1) is 10.1. The first kappa shape index (κ1) is 16.1. The molecule has 0 spiro atoms. The van der Waals surface area contributed by atoms with Gasteiger partial charge in [0.1, 0.15) is 5.82 Å². The fraction of sp³-hybridized carbons (Fsp3) is 0.286. The molecular weight excluding hydrogens is 329 g/mol. The van der Waals surface area contributed by atoms with Crippen LogP contribution in [0, 0.1) is 0 Å². The highest BCUT2D eigenvalue weighted by molar-refractivity contribution is 7.16. The minimum absolute atomic E-state index is 0.230. The molecule has 0 aliphatic carbocycles. The Kier molecular flexibility index (Phi) is 5.85. The number of hydrogen-bond acceptors (Lipinski definition) is 4. The van der Waals surface area contributed by atoms with E-state index in [1.807, 2.05) is 6.07 Å². The highest BCUT2D eigenvalue weighted by Crippen LogP contribution is 2.22. The van der Waals surface area contributed by atoms with E-state index in [1.54, 1.807) is 12.1 Å². The van der Waals surface area contributed by atoms with Crippen LogP contribution in [0.3, 0.4) is 0 Å². The maximum Gasteiger partial charge on any atom is 0.253 e. The molecule has 2 aromatic rings. The Morgan fingerprint density at radius 3 is 2.86 bits per heavy atom. The highest BCUT2D eigenvalue weighted by atomic mass is 35.5. The second-order valence-electron chi connectivity index (χ2n) is 4.36. The van der Waals surface area contributed by atoms with Gasteiger partial charge in [-0.25, -0.2) is 4.98 Å². The van der Waals surface area contributed by atoms with Crippen LogP contribution >= 0.6 is 34.5 Å². The summed E-state index contributed by atoms with van der Waals surface area (Å²) < 4.78 is 0.701. The monoisotopic (exact) mass is 343 g/mol. The van der Waals surface area contributed by atoms with Gasteiger partial charge in [-0.15, -0.1) is 11.3 Å². The second-order valence-corrected chi connectivity index (χ2v) is 6.57. The van der Waals surface area contributed by atoms with Gasteiger partial charge in [0.25, 0.3) is 5.91 Å². The van der Waals surface area contributed by atoms with Gasteiger partial charge in [0, 0.05) is 17.6 Å². The van der Waals surface area contributed by atoms with Crippen molar-refractivity contribution < 1.29 is 4.79 Å². The molecule has 1 amide bonds. The lowest BCUT2D eigenvalue weighted by Gasteiger charge is -2.09. The third kappa shape index (κ3) is 4.59. The van der Waals surface area contributed by atoms with Gasteiger partial charge in [0.2, 0.25) is 0 Å². The first-order valence-corrected chi connectivity index (χ1v) is 8.09. The smallest absolute Gasteiger partial charge is 0.253 e. The van der Waals surface area contributed by atoms with Crippen LogP contribution in [0.5, 0.6) is 0 Å². The van der Waals surface area contributed by atoms with Crippen LogP contribution in [0.15, 0.2) is 24.4 Å². The van der Waals surface area contributed by atoms with Crippen LogP contribution in [-0.4, -0.2) is 17.4 Å². The quantitative estimate of drug-likeness (QED) is 0.826. The molecule has 0 saturated carbocycles. The number of hydrogen-bond donors (Lipinski definition) is 2.